The molecule has 2 aromatic carbocycles. The number of benzene rings is 2. The van der Waals surface area contributed by atoms with E-state index in [0.717, 1.165) is 27.9 Å². The third-order valence-corrected chi connectivity index (χ3v) is 4.49. The number of hydrogen-bond donors (Lipinski definition) is 1. The van der Waals surface area contributed by atoms with Gasteiger partial charge in [0.05, 0.1) is 0 Å². The van der Waals surface area contributed by atoms with E-state index in [1.165, 1.54) is 5.56 Å². The average Bonchev–Trinajstić information content (AvgIpc) is 2.46. The molecule has 0 spiro atoms. The van der Waals surface area contributed by atoms with Gasteiger partial charge in [0.1, 0.15) is 0 Å². The summed E-state index contributed by atoms with van der Waals surface area (Å²) in [6.45, 7) is 4.39. The molecule has 0 bridgehead atoms. The normalized spacial score (nSPS) is 13.9. The van der Waals surface area contributed by atoms with Crippen molar-refractivity contribution in [2.45, 2.75) is 38.8 Å². The molecule has 0 amide bonds. The number of rotatable bonds is 6. The smallest absolute Gasteiger partial charge is 0.0464 e. The summed E-state index contributed by atoms with van der Waals surface area (Å²) in [4.78, 5) is 0. The van der Waals surface area contributed by atoms with Crippen molar-refractivity contribution in [3.63, 3.8) is 0 Å². The Morgan fingerprint density at radius 1 is 1.10 bits per heavy atom. The van der Waals surface area contributed by atoms with Crippen LogP contribution < -0.4 is 5.32 Å². The van der Waals surface area contributed by atoms with E-state index in [0.29, 0.717) is 6.04 Å². The molecule has 21 heavy (non-hydrogen) atoms. The molecule has 0 fully saturated rings. The highest BCUT2D eigenvalue weighted by atomic mass is 79.9. The number of aryl methyl sites for hydroxylation is 1. The predicted octanol–water partition coefficient (Wildman–Crippen LogP) is 5.77. The summed E-state index contributed by atoms with van der Waals surface area (Å²) in [5.41, 5.74) is 2.53. The van der Waals surface area contributed by atoms with Crippen LogP contribution >= 0.6 is 27.5 Å². The molecule has 0 aromatic heterocycles. The van der Waals surface area contributed by atoms with Crippen molar-refractivity contribution in [2.75, 3.05) is 0 Å². The minimum atomic E-state index is 0.247. The maximum absolute atomic E-state index is 6.31. The second-order valence-corrected chi connectivity index (χ2v) is 6.80. The third-order valence-electron chi connectivity index (χ3n) is 3.67. The molecule has 0 aliphatic carbocycles. The van der Waals surface area contributed by atoms with Crippen LogP contribution in [0.3, 0.4) is 0 Å². The zero-order valence-corrected chi connectivity index (χ0v) is 14.8. The first-order valence-electron chi connectivity index (χ1n) is 7.31. The fourth-order valence-corrected chi connectivity index (χ4v) is 3.32. The van der Waals surface area contributed by atoms with Gasteiger partial charge < -0.3 is 5.32 Å². The molecular formula is C18H21BrClN. The summed E-state index contributed by atoms with van der Waals surface area (Å²) in [6.07, 6.45) is 2.21. The van der Waals surface area contributed by atoms with E-state index in [2.05, 4.69) is 71.5 Å². The van der Waals surface area contributed by atoms with Gasteiger partial charge >= 0.3 is 0 Å². The molecule has 2 aromatic rings. The van der Waals surface area contributed by atoms with E-state index in [-0.39, 0.29) is 6.04 Å². The van der Waals surface area contributed by atoms with Gasteiger partial charge in [-0.1, -0.05) is 63.9 Å². The molecule has 0 radical (unpaired) electrons. The van der Waals surface area contributed by atoms with E-state index in [1.807, 2.05) is 12.1 Å². The lowest BCUT2D eigenvalue weighted by atomic mass is 10.0. The zero-order chi connectivity index (χ0) is 15.2. The lowest BCUT2D eigenvalue weighted by molar-refractivity contribution is 0.456. The third kappa shape index (κ3) is 5.14. The summed E-state index contributed by atoms with van der Waals surface area (Å²) < 4.78 is 1.01. The van der Waals surface area contributed by atoms with Crippen LogP contribution in [-0.2, 0) is 6.42 Å². The van der Waals surface area contributed by atoms with E-state index >= 15 is 0 Å². The SMILES string of the molecule is CC(CCc1ccccc1)NC(C)c1ccc(Br)cc1Cl. The molecule has 112 valence electrons. The Bertz CT molecular complexity index is 571. The summed E-state index contributed by atoms with van der Waals surface area (Å²) in [6, 6.07) is 17.4. The zero-order valence-electron chi connectivity index (χ0n) is 12.4. The Kier molecular flexibility index (Phi) is 6.28. The van der Waals surface area contributed by atoms with Crippen molar-refractivity contribution in [1.29, 1.82) is 0 Å². The molecule has 3 heteroatoms. The van der Waals surface area contributed by atoms with E-state index in [1.54, 1.807) is 0 Å². The number of nitrogens with one attached hydrogen (secondary N) is 1. The van der Waals surface area contributed by atoms with Gasteiger partial charge in [-0.15, -0.1) is 0 Å². The van der Waals surface area contributed by atoms with Gasteiger partial charge in [0, 0.05) is 21.6 Å². The second-order valence-electron chi connectivity index (χ2n) is 5.48. The molecule has 2 atom stereocenters. The standard InChI is InChI=1S/C18H21BrClN/c1-13(8-9-15-6-4-3-5-7-15)21-14(2)17-11-10-16(19)12-18(17)20/h3-7,10-14,21H,8-9H2,1-2H3. The molecule has 0 heterocycles. The average molecular weight is 367 g/mol. The van der Waals surface area contributed by atoms with Gasteiger partial charge in [-0.3, -0.25) is 0 Å². The van der Waals surface area contributed by atoms with Crippen molar-refractivity contribution >= 4 is 27.5 Å². The first-order chi connectivity index (χ1) is 10.1. The van der Waals surface area contributed by atoms with Gasteiger partial charge in [-0.05, 0) is 49.9 Å². The number of hydrogen-bond acceptors (Lipinski definition) is 1. The monoisotopic (exact) mass is 365 g/mol. The van der Waals surface area contributed by atoms with Crippen LogP contribution in [-0.4, -0.2) is 6.04 Å². The van der Waals surface area contributed by atoms with Gasteiger partial charge in [0.2, 0.25) is 0 Å². The van der Waals surface area contributed by atoms with Crippen molar-refractivity contribution < 1.29 is 0 Å². The fourth-order valence-electron chi connectivity index (χ4n) is 2.48. The highest BCUT2D eigenvalue weighted by Gasteiger charge is 2.12. The fraction of sp³-hybridized carbons (Fsp3) is 0.333. The van der Waals surface area contributed by atoms with E-state index in [9.17, 15) is 0 Å². The summed E-state index contributed by atoms with van der Waals surface area (Å²) >= 11 is 9.75. The van der Waals surface area contributed by atoms with Crippen LogP contribution in [0.2, 0.25) is 5.02 Å². The van der Waals surface area contributed by atoms with Crippen LogP contribution in [0.5, 0.6) is 0 Å². The molecule has 1 nitrogen and oxygen atoms in total. The maximum Gasteiger partial charge on any atom is 0.0464 e. The van der Waals surface area contributed by atoms with Crippen molar-refractivity contribution in [3.8, 4) is 0 Å². The molecule has 1 N–H and O–H groups in total. The van der Waals surface area contributed by atoms with Crippen LogP contribution in [0.4, 0.5) is 0 Å². The first-order valence-corrected chi connectivity index (χ1v) is 8.48. The van der Waals surface area contributed by atoms with Crippen molar-refractivity contribution in [2.24, 2.45) is 0 Å². The Labute approximate surface area is 140 Å². The van der Waals surface area contributed by atoms with E-state index in [4.69, 9.17) is 11.6 Å². The second kappa shape index (κ2) is 7.98. The Hall–Kier alpha value is -0.830. The Balaban J connectivity index is 1.88. The molecule has 2 rings (SSSR count). The van der Waals surface area contributed by atoms with Crippen LogP contribution in [0.15, 0.2) is 53.0 Å². The van der Waals surface area contributed by atoms with Gasteiger partial charge in [-0.2, -0.15) is 0 Å². The molecule has 0 aliphatic rings. The van der Waals surface area contributed by atoms with Crippen LogP contribution in [0.25, 0.3) is 0 Å². The topological polar surface area (TPSA) is 12.0 Å². The van der Waals surface area contributed by atoms with Gasteiger partial charge in [-0.25, -0.2) is 0 Å². The summed E-state index contributed by atoms with van der Waals surface area (Å²) in [5, 5.41) is 4.43. The Morgan fingerprint density at radius 2 is 1.81 bits per heavy atom. The first kappa shape index (κ1) is 16.5. The minimum Gasteiger partial charge on any atom is -0.308 e. The summed E-state index contributed by atoms with van der Waals surface area (Å²) in [5.74, 6) is 0. The maximum atomic E-state index is 6.31. The lowest BCUT2D eigenvalue weighted by Gasteiger charge is -2.21. The lowest BCUT2D eigenvalue weighted by Crippen LogP contribution is -2.29. The van der Waals surface area contributed by atoms with Gasteiger partial charge in [0.25, 0.3) is 0 Å². The molecule has 0 saturated carbocycles. The van der Waals surface area contributed by atoms with Crippen molar-refractivity contribution in [1.82, 2.24) is 5.32 Å². The van der Waals surface area contributed by atoms with Crippen molar-refractivity contribution in [3.05, 3.63) is 69.2 Å². The molecular weight excluding hydrogens is 346 g/mol. The molecule has 0 saturated heterocycles. The quantitative estimate of drug-likeness (QED) is 0.684. The van der Waals surface area contributed by atoms with Crippen LogP contribution in [0, 0.1) is 0 Å². The number of halogens is 2. The molecule has 0 aliphatic heterocycles. The largest absolute Gasteiger partial charge is 0.308 e. The van der Waals surface area contributed by atoms with E-state index < -0.39 is 0 Å². The van der Waals surface area contributed by atoms with Crippen LogP contribution in [0.1, 0.15) is 37.4 Å². The predicted molar refractivity (Wildman–Crippen MR) is 94.9 cm³/mol. The highest BCUT2D eigenvalue weighted by Crippen LogP contribution is 2.26. The molecule has 2 unspecified atom stereocenters. The van der Waals surface area contributed by atoms with Gasteiger partial charge in [0.15, 0.2) is 0 Å². The highest BCUT2D eigenvalue weighted by molar-refractivity contribution is 9.10. The summed E-state index contributed by atoms with van der Waals surface area (Å²) in [7, 11) is 0. The Morgan fingerprint density at radius 3 is 2.48 bits per heavy atom. The minimum absolute atomic E-state index is 0.247.